The average molecular weight is 399 g/mol. The summed E-state index contributed by atoms with van der Waals surface area (Å²) in [7, 11) is 0. The highest BCUT2D eigenvalue weighted by molar-refractivity contribution is 5.95. The van der Waals surface area contributed by atoms with Gasteiger partial charge in [-0.1, -0.05) is 42.5 Å². The molecule has 0 atom stereocenters. The van der Waals surface area contributed by atoms with Crippen LogP contribution in [0.4, 0.5) is 4.39 Å². The Balaban J connectivity index is 1.43. The summed E-state index contributed by atoms with van der Waals surface area (Å²) in [4.78, 5) is 21.0. The number of nitrogens with one attached hydrogen (secondary N) is 1. The minimum Gasteiger partial charge on any atom is -0.424 e. The van der Waals surface area contributed by atoms with Crippen LogP contribution in [-0.2, 0) is 6.54 Å². The van der Waals surface area contributed by atoms with Gasteiger partial charge in [-0.3, -0.25) is 4.79 Å². The number of hydrogen-bond donors (Lipinski definition) is 1. The number of benzene rings is 3. The van der Waals surface area contributed by atoms with E-state index in [-0.39, 0.29) is 17.7 Å². The lowest BCUT2D eigenvalue weighted by Crippen LogP contribution is -2.22. The second-order valence-corrected chi connectivity index (χ2v) is 6.56. The third-order valence-electron chi connectivity index (χ3n) is 4.40. The zero-order chi connectivity index (χ0) is 20.8. The number of carbonyl (C=O) groups is 1. The van der Waals surface area contributed by atoms with E-state index in [1.54, 1.807) is 42.7 Å². The van der Waals surface area contributed by atoms with E-state index in [1.807, 2.05) is 36.4 Å². The van der Waals surface area contributed by atoms with E-state index in [0.717, 1.165) is 16.7 Å². The number of aromatic nitrogens is 2. The Morgan fingerprint density at radius 3 is 2.33 bits per heavy atom. The van der Waals surface area contributed by atoms with E-state index in [1.165, 1.54) is 12.1 Å². The molecule has 0 saturated carbocycles. The van der Waals surface area contributed by atoms with E-state index in [0.29, 0.717) is 17.9 Å². The van der Waals surface area contributed by atoms with E-state index >= 15 is 0 Å². The van der Waals surface area contributed by atoms with Gasteiger partial charge in [0, 0.05) is 30.1 Å². The van der Waals surface area contributed by atoms with Crippen molar-refractivity contribution in [2.75, 3.05) is 0 Å². The fraction of sp³-hybridized carbons (Fsp3) is 0.0417. The average Bonchev–Trinajstić information content (AvgIpc) is 2.80. The first kappa shape index (κ1) is 19.3. The number of para-hydroxylation sites is 1. The fourth-order valence-electron chi connectivity index (χ4n) is 2.84. The van der Waals surface area contributed by atoms with E-state index in [9.17, 15) is 9.18 Å². The first-order chi connectivity index (χ1) is 14.7. The second kappa shape index (κ2) is 8.96. The number of nitrogens with zero attached hydrogens (tertiary/aromatic N) is 2. The molecule has 1 heterocycles. The summed E-state index contributed by atoms with van der Waals surface area (Å²) in [5, 5.41) is 2.84. The quantitative estimate of drug-likeness (QED) is 0.495. The summed E-state index contributed by atoms with van der Waals surface area (Å²) in [5.74, 6) is 0.136. The summed E-state index contributed by atoms with van der Waals surface area (Å²) < 4.78 is 18.6. The first-order valence-corrected chi connectivity index (χ1v) is 9.35. The predicted octanol–water partition coefficient (Wildman–Crippen LogP) is 5.01. The van der Waals surface area contributed by atoms with Crippen LogP contribution in [0.15, 0.2) is 91.3 Å². The Labute approximate surface area is 173 Å². The van der Waals surface area contributed by atoms with Gasteiger partial charge in [0.25, 0.3) is 5.91 Å². The third kappa shape index (κ3) is 4.86. The summed E-state index contributed by atoms with van der Waals surface area (Å²) >= 11 is 0. The Bertz CT molecular complexity index is 1130. The molecule has 3 aromatic carbocycles. The SMILES string of the molecule is O=C(NCc1ccc(F)cc1)c1cccc(-c2cnc(Oc3ccccc3)nc2)c1. The Kier molecular flexibility index (Phi) is 5.75. The van der Waals surface area contributed by atoms with Crippen LogP contribution in [0, 0.1) is 5.82 Å². The highest BCUT2D eigenvalue weighted by Gasteiger charge is 2.08. The number of carbonyl (C=O) groups excluding carboxylic acids is 1. The molecule has 0 bridgehead atoms. The standard InChI is InChI=1S/C24H18FN3O2/c25-21-11-9-17(10-12-21)14-26-23(29)19-6-4-5-18(13-19)20-15-27-24(28-16-20)30-22-7-2-1-3-8-22/h1-13,15-16H,14H2,(H,26,29). The van der Waals surface area contributed by atoms with Gasteiger partial charge in [0.2, 0.25) is 0 Å². The maximum Gasteiger partial charge on any atom is 0.321 e. The van der Waals surface area contributed by atoms with Crippen LogP contribution in [0.25, 0.3) is 11.1 Å². The highest BCUT2D eigenvalue weighted by Crippen LogP contribution is 2.22. The van der Waals surface area contributed by atoms with Gasteiger partial charge in [-0.15, -0.1) is 0 Å². The van der Waals surface area contributed by atoms with Crippen molar-refractivity contribution in [3.05, 3.63) is 108 Å². The second-order valence-electron chi connectivity index (χ2n) is 6.56. The van der Waals surface area contributed by atoms with Crippen LogP contribution in [0.5, 0.6) is 11.8 Å². The molecule has 0 saturated heterocycles. The molecule has 4 aromatic rings. The highest BCUT2D eigenvalue weighted by atomic mass is 19.1. The zero-order valence-corrected chi connectivity index (χ0v) is 16.0. The molecule has 0 aliphatic carbocycles. The molecule has 5 nitrogen and oxygen atoms in total. The van der Waals surface area contributed by atoms with E-state index in [4.69, 9.17) is 4.74 Å². The Morgan fingerprint density at radius 2 is 1.60 bits per heavy atom. The van der Waals surface area contributed by atoms with Crippen LogP contribution < -0.4 is 10.1 Å². The van der Waals surface area contributed by atoms with Crippen molar-refractivity contribution in [1.82, 2.24) is 15.3 Å². The van der Waals surface area contributed by atoms with Gasteiger partial charge in [0.1, 0.15) is 11.6 Å². The molecule has 1 N–H and O–H groups in total. The molecule has 0 aliphatic heterocycles. The predicted molar refractivity (Wildman–Crippen MR) is 112 cm³/mol. The third-order valence-corrected chi connectivity index (χ3v) is 4.40. The maximum atomic E-state index is 13.0. The molecule has 0 fully saturated rings. The normalized spacial score (nSPS) is 10.4. The molecule has 6 heteroatoms. The van der Waals surface area contributed by atoms with Crippen molar-refractivity contribution in [3.63, 3.8) is 0 Å². The lowest BCUT2D eigenvalue weighted by Gasteiger charge is -2.08. The van der Waals surface area contributed by atoms with Crippen LogP contribution in [-0.4, -0.2) is 15.9 Å². The van der Waals surface area contributed by atoms with Crippen molar-refractivity contribution in [1.29, 1.82) is 0 Å². The summed E-state index contributed by atoms with van der Waals surface area (Å²) in [6.45, 7) is 0.317. The van der Waals surface area contributed by atoms with Crippen molar-refractivity contribution in [2.45, 2.75) is 6.54 Å². The van der Waals surface area contributed by atoms with Crippen LogP contribution >= 0.6 is 0 Å². The van der Waals surface area contributed by atoms with Crippen molar-refractivity contribution >= 4 is 5.91 Å². The number of ether oxygens (including phenoxy) is 1. The van der Waals surface area contributed by atoms with Gasteiger partial charge in [0.05, 0.1) is 0 Å². The summed E-state index contributed by atoms with van der Waals surface area (Å²) in [6.07, 6.45) is 3.31. The van der Waals surface area contributed by atoms with E-state index in [2.05, 4.69) is 15.3 Å². The fourth-order valence-corrected chi connectivity index (χ4v) is 2.84. The largest absolute Gasteiger partial charge is 0.424 e. The molecule has 30 heavy (non-hydrogen) atoms. The zero-order valence-electron chi connectivity index (χ0n) is 16.0. The molecular formula is C24H18FN3O2. The van der Waals surface area contributed by atoms with Crippen molar-refractivity contribution in [2.24, 2.45) is 0 Å². The summed E-state index contributed by atoms with van der Waals surface area (Å²) in [5.41, 5.74) is 2.92. The number of hydrogen-bond acceptors (Lipinski definition) is 4. The molecule has 1 aromatic heterocycles. The smallest absolute Gasteiger partial charge is 0.321 e. The molecule has 4 rings (SSSR count). The molecular weight excluding hydrogens is 381 g/mol. The molecule has 0 unspecified atom stereocenters. The van der Waals surface area contributed by atoms with Crippen LogP contribution in [0.1, 0.15) is 15.9 Å². The molecule has 0 spiro atoms. The minimum atomic E-state index is -0.305. The molecule has 0 radical (unpaired) electrons. The van der Waals surface area contributed by atoms with Crippen LogP contribution in [0.2, 0.25) is 0 Å². The number of amides is 1. The number of halogens is 1. The van der Waals surface area contributed by atoms with E-state index < -0.39 is 0 Å². The van der Waals surface area contributed by atoms with Gasteiger partial charge in [-0.25, -0.2) is 14.4 Å². The first-order valence-electron chi connectivity index (χ1n) is 9.35. The Morgan fingerprint density at radius 1 is 0.867 bits per heavy atom. The summed E-state index contributed by atoms with van der Waals surface area (Å²) in [6, 6.07) is 22.8. The van der Waals surface area contributed by atoms with Crippen LogP contribution in [0.3, 0.4) is 0 Å². The molecule has 0 aliphatic rings. The van der Waals surface area contributed by atoms with Crippen molar-refractivity contribution < 1.29 is 13.9 Å². The monoisotopic (exact) mass is 399 g/mol. The van der Waals surface area contributed by atoms with Gasteiger partial charge in [0.15, 0.2) is 0 Å². The minimum absolute atomic E-state index is 0.217. The lowest BCUT2D eigenvalue weighted by molar-refractivity contribution is 0.0951. The van der Waals surface area contributed by atoms with Gasteiger partial charge in [-0.05, 0) is 47.5 Å². The van der Waals surface area contributed by atoms with Gasteiger partial charge >= 0.3 is 6.01 Å². The van der Waals surface area contributed by atoms with Gasteiger partial charge in [-0.2, -0.15) is 0 Å². The number of rotatable bonds is 6. The lowest BCUT2D eigenvalue weighted by atomic mass is 10.1. The maximum absolute atomic E-state index is 13.0. The van der Waals surface area contributed by atoms with Gasteiger partial charge < -0.3 is 10.1 Å². The molecule has 1 amide bonds. The Hall–Kier alpha value is -4.06. The van der Waals surface area contributed by atoms with Crippen molar-refractivity contribution in [3.8, 4) is 22.9 Å². The topological polar surface area (TPSA) is 64.1 Å². The molecule has 148 valence electrons.